The summed E-state index contributed by atoms with van der Waals surface area (Å²) in [5.74, 6) is -0.0786. The van der Waals surface area contributed by atoms with Crippen molar-refractivity contribution in [1.29, 1.82) is 0 Å². The van der Waals surface area contributed by atoms with Gasteiger partial charge in [0.25, 0.3) is 0 Å². The molecule has 0 atom stereocenters. The first-order valence-corrected chi connectivity index (χ1v) is 4.55. The highest BCUT2D eigenvalue weighted by Gasteiger charge is 2.11. The van der Waals surface area contributed by atoms with E-state index in [9.17, 15) is 14.0 Å². The average molecular weight is 236 g/mol. The molecule has 6 heteroatoms. The fraction of sp³-hybridized carbons (Fsp3) is 0.0909. The average Bonchev–Trinajstić information content (AvgIpc) is 2.28. The van der Waals surface area contributed by atoms with Crippen LogP contribution in [0.2, 0.25) is 0 Å². The standard InChI is InChI=1S/C11H9FN2O3/c1-2-5-13-11(17)14-7-3-4-9(12)8(6-7)10(15)16/h1,3-4,6H,5H2,(H,15,16)(H2,13,14,17). The van der Waals surface area contributed by atoms with E-state index in [0.29, 0.717) is 0 Å². The van der Waals surface area contributed by atoms with Crippen molar-refractivity contribution >= 4 is 17.7 Å². The number of nitrogens with one attached hydrogen (secondary N) is 2. The summed E-state index contributed by atoms with van der Waals surface area (Å²) in [5.41, 5.74) is -0.349. The molecule has 1 aromatic rings. The number of urea groups is 1. The monoisotopic (exact) mass is 236 g/mol. The molecule has 3 N–H and O–H groups in total. The Hall–Kier alpha value is -2.55. The van der Waals surface area contributed by atoms with E-state index in [4.69, 9.17) is 11.5 Å². The first-order chi connectivity index (χ1) is 8.04. The number of carboxylic acids is 1. The molecule has 17 heavy (non-hydrogen) atoms. The number of carbonyl (C=O) groups is 2. The molecule has 0 radical (unpaired) electrons. The number of amides is 2. The molecule has 5 nitrogen and oxygen atoms in total. The number of carbonyl (C=O) groups excluding carboxylic acids is 1. The van der Waals surface area contributed by atoms with Gasteiger partial charge in [0.2, 0.25) is 0 Å². The maximum atomic E-state index is 13.0. The van der Waals surface area contributed by atoms with Crippen LogP contribution >= 0.6 is 0 Å². The molecule has 88 valence electrons. The van der Waals surface area contributed by atoms with Crippen LogP contribution in [0.1, 0.15) is 10.4 Å². The third kappa shape index (κ3) is 3.50. The van der Waals surface area contributed by atoms with Crippen molar-refractivity contribution in [3.05, 3.63) is 29.6 Å². The third-order valence-corrected chi connectivity index (χ3v) is 1.81. The molecule has 0 bridgehead atoms. The summed E-state index contributed by atoms with van der Waals surface area (Å²) in [6.45, 7) is 0.0405. The fourth-order valence-corrected chi connectivity index (χ4v) is 1.07. The highest BCUT2D eigenvalue weighted by atomic mass is 19.1. The molecule has 2 amide bonds. The summed E-state index contributed by atoms with van der Waals surface area (Å²) >= 11 is 0. The third-order valence-electron chi connectivity index (χ3n) is 1.81. The summed E-state index contributed by atoms with van der Waals surface area (Å²) in [7, 11) is 0. The van der Waals surface area contributed by atoms with Gasteiger partial charge in [-0.2, -0.15) is 0 Å². The fourth-order valence-electron chi connectivity index (χ4n) is 1.07. The molecular formula is C11H9FN2O3. The van der Waals surface area contributed by atoms with E-state index < -0.39 is 23.4 Å². The molecule has 0 aliphatic carbocycles. The zero-order valence-corrected chi connectivity index (χ0v) is 8.66. The second-order valence-electron chi connectivity index (χ2n) is 3.01. The van der Waals surface area contributed by atoms with Gasteiger partial charge in [0.1, 0.15) is 5.82 Å². The van der Waals surface area contributed by atoms with Crippen LogP contribution in [0.5, 0.6) is 0 Å². The van der Waals surface area contributed by atoms with Crippen LogP contribution in [0, 0.1) is 18.2 Å². The molecule has 0 spiro atoms. The first kappa shape index (κ1) is 12.5. The SMILES string of the molecule is C#CCNC(=O)Nc1ccc(F)c(C(=O)O)c1. The largest absolute Gasteiger partial charge is 0.478 e. The lowest BCUT2D eigenvalue weighted by Crippen LogP contribution is -2.28. The van der Waals surface area contributed by atoms with Crippen LogP contribution in [0.25, 0.3) is 0 Å². The van der Waals surface area contributed by atoms with Gasteiger partial charge in [-0.15, -0.1) is 6.42 Å². The van der Waals surface area contributed by atoms with Crippen LogP contribution in [0.3, 0.4) is 0 Å². The minimum Gasteiger partial charge on any atom is -0.478 e. The Morgan fingerprint density at radius 3 is 2.76 bits per heavy atom. The molecule has 0 aliphatic heterocycles. The molecule has 0 aromatic heterocycles. The number of halogens is 1. The van der Waals surface area contributed by atoms with Gasteiger partial charge in [-0.3, -0.25) is 0 Å². The molecule has 0 aliphatic rings. The van der Waals surface area contributed by atoms with Gasteiger partial charge >= 0.3 is 12.0 Å². The van der Waals surface area contributed by atoms with Gasteiger partial charge in [-0.25, -0.2) is 14.0 Å². The van der Waals surface area contributed by atoms with Gasteiger partial charge in [0.15, 0.2) is 0 Å². The number of rotatable bonds is 3. The number of terminal acetylenes is 1. The minimum atomic E-state index is -1.41. The maximum Gasteiger partial charge on any atom is 0.338 e. The Bertz CT molecular complexity index is 494. The first-order valence-electron chi connectivity index (χ1n) is 4.55. The van der Waals surface area contributed by atoms with Gasteiger partial charge in [0.05, 0.1) is 12.1 Å². The number of anilines is 1. The topological polar surface area (TPSA) is 78.4 Å². The Kier molecular flexibility index (Phi) is 4.06. The van der Waals surface area contributed by atoms with Crippen molar-refractivity contribution in [3.8, 4) is 12.3 Å². The summed E-state index contributed by atoms with van der Waals surface area (Å²) < 4.78 is 13.0. The van der Waals surface area contributed by atoms with Crippen molar-refractivity contribution in [2.45, 2.75) is 0 Å². The normalized spacial score (nSPS) is 9.18. The molecule has 0 fully saturated rings. The predicted octanol–water partition coefficient (Wildman–Crippen LogP) is 1.28. The summed E-state index contributed by atoms with van der Waals surface area (Å²) in [6.07, 6.45) is 4.93. The van der Waals surface area contributed by atoms with E-state index in [1.165, 1.54) is 6.07 Å². The van der Waals surface area contributed by atoms with Crippen molar-refractivity contribution in [2.75, 3.05) is 11.9 Å². The van der Waals surface area contributed by atoms with Crippen LogP contribution in [0.15, 0.2) is 18.2 Å². The second kappa shape index (κ2) is 5.51. The molecular weight excluding hydrogens is 227 g/mol. The summed E-state index contributed by atoms with van der Waals surface area (Å²) in [5, 5.41) is 13.3. The quantitative estimate of drug-likeness (QED) is 0.692. The number of aromatic carboxylic acids is 1. The second-order valence-corrected chi connectivity index (χ2v) is 3.01. The lowest BCUT2D eigenvalue weighted by molar-refractivity contribution is 0.0692. The van der Waals surface area contributed by atoms with Crippen LogP contribution in [0.4, 0.5) is 14.9 Å². The summed E-state index contributed by atoms with van der Waals surface area (Å²) in [6, 6.07) is 2.64. The molecule has 1 aromatic carbocycles. The van der Waals surface area contributed by atoms with E-state index >= 15 is 0 Å². The van der Waals surface area contributed by atoms with Gasteiger partial charge < -0.3 is 15.7 Å². The number of carboxylic acid groups (broad SMARTS) is 1. The van der Waals surface area contributed by atoms with Crippen LogP contribution < -0.4 is 10.6 Å². The lowest BCUT2D eigenvalue weighted by atomic mass is 10.2. The number of hydrogen-bond donors (Lipinski definition) is 3. The predicted molar refractivity (Wildman–Crippen MR) is 59.2 cm³/mol. The molecule has 0 saturated heterocycles. The van der Waals surface area contributed by atoms with Crippen molar-refractivity contribution in [1.82, 2.24) is 5.32 Å². The lowest BCUT2D eigenvalue weighted by Gasteiger charge is -2.06. The van der Waals surface area contributed by atoms with E-state index in [1.807, 2.05) is 0 Å². The van der Waals surface area contributed by atoms with E-state index in [1.54, 1.807) is 0 Å². The highest BCUT2D eigenvalue weighted by Crippen LogP contribution is 2.14. The van der Waals surface area contributed by atoms with E-state index in [0.717, 1.165) is 12.1 Å². The maximum absolute atomic E-state index is 13.0. The van der Waals surface area contributed by atoms with Gasteiger partial charge in [0, 0.05) is 5.69 Å². The molecule has 1 rings (SSSR count). The van der Waals surface area contributed by atoms with Gasteiger partial charge in [-0.05, 0) is 18.2 Å². The number of benzene rings is 1. The van der Waals surface area contributed by atoms with Gasteiger partial charge in [-0.1, -0.05) is 5.92 Å². The minimum absolute atomic E-state index is 0.0405. The Morgan fingerprint density at radius 2 is 2.18 bits per heavy atom. The Morgan fingerprint density at radius 1 is 1.47 bits per heavy atom. The van der Waals surface area contributed by atoms with E-state index in [-0.39, 0.29) is 12.2 Å². The summed E-state index contributed by atoms with van der Waals surface area (Å²) in [4.78, 5) is 21.8. The molecule has 0 heterocycles. The Labute approximate surface area is 96.6 Å². The van der Waals surface area contributed by atoms with Crippen molar-refractivity contribution < 1.29 is 19.1 Å². The van der Waals surface area contributed by atoms with Crippen molar-refractivity contribution in [2.24, 2.45) is 0 Å². The highest BCUT2D eigenvalue weighted by molar-refractivity contribution is 5.93. The molecule has 0 saturated carbocycles. The zero-order valence-electron chi connectivity index (χ0n) is 8.66. The van der Waals surface area contributed by atoms with E-state index in [2.05, 4.69) is 16.6 Å². The number of hydrogen-bond acceptors (Lipinski definition) is 2. The Balaban J connectivity index is 2.80. The smallest absolute Gasteiger partial charge is 0.338 e. The molecule has 0 unspecified atom stereocenters. The van der Waals surface area contributed by atoms with Crippen LogP contribution in [-0.4, -0.2) is 23.7 Å². The zero-order chi connectivity index (χ0) is 12.8. The van der Waals surface area contributed by atoms with Crippen LogP contribution in [-0.2, 0) is 0 Å². The van der Waals surface area contributed by atoms with Crippen molar-refractivity contribution in [3.63, 3.8) is 0 Å².